The maximum atomic E-state index is 11.2. The van der Waals surface area contributed by atoms with Crippen LogP contribution in [-0.4, -0.2) is 36.6 Å². The van der Waals surface area contributed by atoms with Crippen molar-refractivity contribution in [2.45, 2.75) is 37.1 Å². The number of hydrogen-bond donors (Lipinski definition) is 2. The summed E-state index contributed by atoms with van der Waals surface area (Å²) >= 11 is 0. The minimum Gasteiger partial charge on any atom is -0.447 e. The minimum atomic E-state index is -0.812. The predicted molar refractivity (Wildman–Crippen MR) is 60.6 cm³/mol. The van der Waals surface area contributed by atoms with E-state index < -0.39 is 17.8 Å². The van der Waals surface area contributed by atoms with Crippen molar-refractivity contribution in [2.75, 3.05) is 6.61 Å². The van der Waals surface area contributed by atoms with E-state index in [0.29, 0.717) is 6.42 Å². The molecule has 1 heterocycles. The second-order valence-corrected chi connectivity index (χ2v) is 4.42. The third-order valence-corrected chi connectivity index (χ3v) is 3.13. The summed E-state index contributed by atoms with van der Waals surface area (Å²) in [5.74, 6) is 0. The van der Waals surface area contributed by atoms with E-state index in [1.807, 2.05) is 0 Å². The molecule has 7 heteroatoms. The Morgan fingerprint density at radius 2 is 2.39 bits per heavy atom. The molecule has 0 aromatic rings. The molecule has 0 aromatic carbocycles. The van der Waals surface area contributed by atoms with Gasteiger partial charge in [-0.05, 0) is 19.0 Å². The Morgan fingerprint density at radius 3 is 3.06 bits per heavy atom. The third-order valence-electron chi connectivity index (χ3n) is 3.13. The summed E-state index contributed by atoms with van der Waals surface area (Å²) in [6.07, 6.45) is 1.72. The molecule has 2 fully saturated rings. The highest BCUT2D eigenvalue weighted by atomic mass is 16.6. The first-order valence-electron chi connectivity index (χ1n) is 5.74. The van der Waals surface area contributed by atoms with Crippen LogP contribution in [0.1, 0.15) is 19.3 Å². The van der Waals surface area contributed by atoms with E-state index in [2.05, 4.69) is 16.6 Å². The van der Waals surface area contributed by atoms with Gasteiger partial charge in [0.1, 0.15) is 18.3 Å². The van der Waals surface area contributed by atoms with Crippen molar-refractivity contribution < 1.29 is 23.8 Å². The van der Waals surface area contributed by atoms with Crippen molar-refractivity contribution in [1.29, 1.82) is 0 Å². The molecule has 1 aliphatic carbocycles. The van der Waals surface area contributed by atoms with Crippen molar-refractivity contribution >= 4 is 12.2 Å². The van der Waals surface area contributed by atoms with Gasteiger partial charge in [-0.25, -0.2) is 9.59 Å². The van der Waals surface area contributed by atoms with E-state index in [4.69, 9.17) is 15.2 Å². The fourth-order valence-electron chi connectivity index (χ4n) is 2.19. The van der Waals surface area contributed by atoms with Gasteiger partial charge in [-0.15, -0.1) is 0 Å². The summed E-state index contributed by atoms with van der Waals surface area (Å²) in [6.45, 7) is 3.51. The summed E-state index contributed by atoms with van der Waals surface area (Å²) in [6, 6.07) is 0. The van der Waals surface area contributed by atoms with E-state index in [0.717, 1.165) is 12.8 Å². The Hall–Kier alpha value is -1.76. The number of nitrogens with one attached hydrogen (secondary N) is 1. The summed E-state index contributed by atoms with van der Waals surface area (Å²) < 4.78 is 15.6. The zero-order valence-corrected chi connectivity index (χ0v) is 9.89. The molecule has 0 radical (unpaired) electrons. The number of nitrogens with two attached hydrogens (primary N) is 1. The molecule has 18 heavy (non-hydrogen) atoms. The molecule has 100 valence electrons. The molecule has 0 bridgehead atoms. The number of alkyl carbamates (subject to hydrolysis) is 1. The zero-order valence-electron chi connectivity index (χ0n) is 9.89. The molecule has 1 saturated heterocycles. The van der Waals surface area contributed by atoms with Crippen molar-refractivity contribution in [3.05, 3.63) is 12.8 Å². The van der Waals surface area contributed by atoms with Gasteiger partial charge in [0.25, 0.3) is 0 Å². The molecule has 1 aliphatic heterocycles. The number of primary amides is 1. The van der Waals surface area contributed by atoms with E-state index in [9.17, 15) is 9.59 Å². The van der Waals surface area contributed by atoms with Gasteiger partial charge in [0.05, 0.1) is 6.10 Å². The molecular formula is C11H16N2O5. The second-order valence-electron chi connectivity index (χ2n) is 4.42. The Bertz CT molecular complexity index is 372. The van der Waals surface area contributed by atoms with Gasteiger partial charge in [-0.1, -0.05) is 6.58 Å². The number of rotatable bonds is 4. The molecular weight excluding hydrogens is 240 g/mol. The lowest BCUT2D eigenvalue weighted by Gasteiger charge is -2.13. The normalized spacial score (nSPS) is 32.9. The standard InChI is InChI=1S/C11H16N2O5/c1-2-13-10(15)17-8-5-11(8)4-3-7(18-11)6-16-9(12)14/h2,7-8H,1,3-6H2,(H2,12,14)(H,13,15)/t7-,8?,11-/m0/s1. The van der Waals surface area contributed by atoms with Gasteiger partial charge in [0.15, 0.2) is 0 Å². The Morgan fingerprint density at radius 1 is 1.61 bits per heavy atom. The van der Waals surface area contributed by atoms with Crippen LogP contribution in [0.25, 0.3) is 0 Å². The van der Waals surface area contributed by atoms with Crippen LogP contribution >= 0.6 is 0 Å². The molecule has 1 unspecified atom stereocenters. The molecule has 2 rings (SSSR count). The van der Waals surface area contributed by atoms with Crippen LogP contribution in [0, 0.1) is 0 Å². The first-order valence-corrected chi connectivity index (χ1v) is 5.74. The highest BCUT2D eigenvalue weighted by Gasteiger charge is 2.62. The minimum absolute atomic E-state index is 0.142. The number of carbonyl (C=O) groups excluding carboxylic acids is 2. The van der Waals surface area contributed by atoms with E-state index in [-0.39, 0.29) is 18.8 Å². The molecule has 2 amide bonds. The van der Waals surface area contributed by atoms with E-state index >= 15 is 0 Å². The molecule has 7 nitrogen and oxygen atoms in total. The smallest absolute Gasteiger partial charge is 0.411 e. The lowest BCUT2D eigenvalue weighted by atomic mass is 10.2. The second kappa shape index (κ2) is 4.85. The molecule has 3 atom stereocenters. The molecule has 1 saturated carbocycles. The van der Waals surface area contributed by atoms with E-state index in [1.165, 1.54) is 6.20 Å². The zero-order chi connectivity index (χ0) is 13.2. The van der Waals surface area contributed by atoms with Crippen LogP contribution < -0.4 is 11.1 Å². The van der Waals surface area contributed by atoms with Crippen molar-refractivity contribution in [3.63, 3.8) is 0 Å². The van der Waals surface area contributed by atoms with Crippen LogP contribution in [0.15, 0.2) is 12.8 Å². The number of hydrogen-bond acceptors (Lipinski definition) is 5. The fourth-order valence-corrected chi connectivity index (χ4v) is 2.19. The van der Waals surface area contributed by atoms with Gasteiger partial charge in [-0.3, -0.25) is 5.32 Å². The molecule has 1 spiro atoms. The summed E-state index contributed by atoms with van der Waals surface area (Å²) in [7, 11) is 0. The largest absolute Gasteiger partial charge is 0.447 e. The third kappa shape index (κ3) is 2.73. The fraction of sp³-hybridized carbons (Fsp3) is 0.636. The Balaban J connectivity index is 1.74. The summed E-state index contributed by atoms with van der Waals surface area (Å²) in [5, 5.41) is 2.34. The van der Waals surface area contributed by atoms with Gasteiger partial charge in [-0.2, -0.15) is 0 Å². The monoisotopic (exact) mass is 256 g/mol. The van der Waals surface area contributed by atoms with Gasteiger partial charge < -0.3 is 19.9 Å². The lowest BCUT2D eigenvalue weighted by Crippen LogP contribution is -2.26. The first kappa shape index (κ1) is 12.7. The maximum absolute atomic E-state index is 11.2. The Kier molecular flexibility index (Phi) is 3.42. The average Bonchev–Trinajstić information content (AvgIpc) is 2.78. The predicted octanol–water partition coefficient (Wildman–Crippen LogP) is 0.642. The highest BCUT2D eigenvalue weighted by Crippen LogP contribution is 2.51. The molecule has 0 aromatic heterocycles. The lowest BCUT2D eigenvalue weighted by molar-refractivity contribution is -0.0278. The first-order chi connectivity index (χ1) is 8.55. The summed E-state index contributed by atoms with van der Waals surface area (Å²) in [4.78, 5) is 21.7. The number of ether oxygens (including phenoxy) is 3. The van der Waals surface area contributed by atoms with Crippen LogP contribution in [0.4, 0.5) is 9.59 Å². The van der Waals surface area contributed by atoms with Crippen LogP contribution in [0.2, 0.25) is 0 Å². The van der Waals surface area contributed by atoms with Crippen molar-refractivity contribution in [2.24, 2.45) is 5.73 Å². The molecule has 2 aliphatic rings. The van der Waals surface area contributed by atoms with Crippen molar-refractivity contribution in [1.82, 2.24) is 5.32 Å². The van der Waals surface area contributed by atoms with Gasteiger partial charge >= 0.3 is 12.2 Å². The quantitative estimate of drug-likeness (QED) is 0.768. The van der Waals surface area contributed by atoms with Crippen LogP contribution in [0.3, 0.4) is 0 Å². The topological polar surface area (TPSA) is 99.9 Å². The maximum Gasteiger partial charge on any atom is 0.411 e. The number of carbonyl (C=O) groups is 2. The van der Waals surface area contributed by atoms with Gasteiger partial charge in [0, 0.05) is 6.42 Å². The molecule has 3 N–H and O–H groups in total. The SMILES string of the molecule is C=CNC(=O)OC1C[C@@]12CC[C@@H](COC(N)=O)O2. The highest BCUT2D eigenvalue weighted by molar-refractivity contribution is 5.69. The van der Waals surface area contributed by atoms with Crippen LogP contribution in [0.5, 0.6) is 0 Å². The average molecular weight is 256 g/mol. The van der Waals surface area contributed by atoms with E-state index in [1.54, 1.807) is 0 Å². The summed E-state index contributed by atoms with van der Waals surface area (Å²) in [5.41, 5.74) is 4.48. The van der Waals surface area contributed by atoms with Crippen molar-refractivity contribution in [3.8, 4) is 0 Å². The number of amides is 2. The van der Waals surface area contributed by atoms with Crippen LogP contribution in [-0.2, 0) is 14.2 Å². The van der Waals surface area contributed by atoms with Gasteiger partial charge in [0.2, 0.25) is 0 Å². The Labute approximate surface area is 104 Å².